The summed E-state index contributed by atoms with van der Waals surface area (Å²) in [5.41, 5.74) is 4.27. The predicted molar refractivity (Wildman–Crippen MR) is 113 cm³/mol. The zero-order valence-electron chi connectivity index (χ0n) is 17.6. The molecule has 5 unspecified atom stereocenters. The molecule has 1 saturated carbocycles. The minimum Gasteiger partial charge on any atom is -0.492 e. The smallest absolute Gasteiger partial charge is 0.341 e. The first-order valence-corrected chi connectivity index (χ1v) is 10.4. The van der Waals surface area contributed by atoms with E-state index in [-0.39, 0.29) is 46.8 Å². The summed E-state index contributed by atoms with van der Waals surface area (Å²) in [7, 11) is 3.16. The average Bonchev–Trinajstić information content (AvgIpc) is 3.15. The van der Waals surface area contributed by atoms with Crippen molar-refractivity contribution in [2.45, 2.75) is 30.7 Å². The van der Waals surface area contributed by atoms with Crippen LogP contribution in [0.5, 0.6) is 5.75 Å². The summed E-state index contributed by atoms with van der Waals surface area (Å²) in [6.07, 6.45) is 0.0365. The number of benzene rings is 1. The van der Waals surface area contributed by atoms with Gasteiger partial charge < -0.3 is 35.1 Å². The van der Waals surface area contributed by atoms with Gasteiger partial charge in [-0.15, -0.1) is 0 Å². The van der Waals surface area contributed by atoms with E-state index < -0.39 is 40.7 Å². The number of anilines is 2. The fraction of sp³-hybridized carbons (Fsp3) is 0.524. The Bertz CT molecular complexity index is 1190. The molecule has 32 heavy (non-hydrogen) atoms. The first-order chi connectivity index (χ1) is 15.3. The molecule has 1 aliphatic carbocycles. The van der Waals surface area contributed by atoms with E-state index in [0.29, 0.717) is 19.8 Å². The zero-order valence-corrected chi connectivity index (χ0v) is 17.6. The molecule has 11 heteroatoms. The van der Waals surface area contributed by atoms with Crippen molar-refractivity contribution >= 4 is 28.2 Å². The van der Waals surface area contributed by atoms with E-state index in [1.165, 1.54) is 11.7 Å². The molecule has 0 amide bonds. The second-order valence-corrected chi connectivity index (χ2v) is 8.55. The standard InChI is InChI=1S/C21H24F2N4O5/c1-25-11-5-27(13-7-32-6-9(11)13)18-15(23)16(24)14-17(20(18)31-2)26(12-3-10(12)22)4-8(19(14)28)21(29)30/h4,9-13,25H,3,5-7,24H2,1-2H3,(H,29,30). The van der Waals surface area contributed by atoms with Crippen molar-refractivity contribution < 1.29 is 28.2 Å². The summed E-state index contributed by atoms with van der Waals surface area (Å²) >= 11 is 0. The van der Waals surface area contributed by atoms with E-state index in [9.17, 15) is 19.1 Å². The van der Waals surface area contributed by atoms with Gasteiger partial charge in [0.25, 0.3) is 0 Å². The summed E-state index contributed by atoms with van der Waals surface area (Å²) in [6, 6.07) is -0.784. The molecule has 9 nitrogen and oxygen atoms in total. The number of nitrogens with one attached hydrogen (secondary N) is 1. The normalized spacial score (nSPS) is 28.9. The number of carbonyl (C=O) groups is 1. The predicted octanol–water partition coefficient (Wildman–Crippen LogP) is 1.14. The summed E-state index contributed by atoms with van der Waals surface area (Å²) < 4.78 is 42.5. The molecule has 4 N–H and O–H groups in total. The molecular weight excluding hydrogens is 426 g/mol. The molecule has 3 aliphatic rings. The molecule has 1 aromatic heterocycles. The van der Waals surface area contributed by atoms with Gasteiger partial charge in [-0.1, -0.05) is 0 Å². The Kier molecular flexibility index (Phi) is 4.79. The number of rotatable bonds is 5. The van der Waals surface area contributed by atoms with Crippen LogP contribution in [0, 0.1) is 11.7 Å². The molecule has 0 spiro atoms. The molecule has 1 aromatic carbocycles. The lowest BCUT2D eigenvalue weighted by Crippen LogP contribution is -2.35. The molecule has 2 saturated heterocycles. The number of nitrogens with zero attached hydrogens (tertiary/aromatic N) is 2. The molecular formula is C21H24F2N4O5. The summed E-state index contributed by atoms with van der Waals surface area (Å²) in [4.78, 5) is 26.5. The maximum absolute atomic E-state index is 15.8. The SMILES string of the molecule is CNC1CN(c2c(F)c(N)c3c(=O)c(C(=O)O)cn(C4CC4F)c3c2OC)C2COCC12. The Morgan fingerprint density at radius 1 is 1.38 bits per heavy atom. The largest absolute Gasteiger partial charge is 0.492 e. The van der Waals surface area contributed by atoms with Crippen LogP contribution in [0.1, 0.15) is 22.8 Å². The monoisotopic (exact) mass is 450 g/mol. The highest BCUT2D eigenvalue weighted by Gasteiger charge is 2.48. The van der Waals surface area contributed by atoms with E-state index in [2.05, 4.69) is 5.32 Å². The minimum absolute atomic E-state index is 0.0299. The number of nitrogen functional groups attached to an aromatic ring is 1. The van der Waals surface area contributed by atoms with Crippen LogP contribution < -0.4 is 26.1 Å². The highest BCUT2D eigenvalue weighted by Crippen LogP contribution is 2.49. The number of ether oxygens (including phenoxy) is 2. The number of likely N-dealkylation sites (N-methyl/N-ethyl adjacent to an activating group) is 1. The molecule has 3 heterocycles. The molecule has 5 rings (SSSR count). The second-order valence-electron chi connectivity index (χ2n) is 8.55. The van der Waals surface area contributed by atoms with Gasteiger partial charge in [0, 0.05) is 31.1 Å². The Morgan fingerprint density at radius 3 is 2.69 bits per heavy atom. The van der Waals surface area contributed by atoms with Gasteiger partial charge in [0.05, 0.1) is 49.0 Å². The van der Waals surface area contributed by atoms with Gasteiger partial charge in [-0.05, 0) is 7.05 Å². The molecule has 3 fully saturated rings. The van der Waals surface area contributed by atoms with Gasteiger partial charge in [0.1, 0.15) is 17.4 Å². The third kappa shape index (κ3) is 2.80. The third-order valence-corrected chi connectivity index (χ3v) is 6.91. The summed E-state index contributed by atoms with van der Waals surface area (Å²) in [5.74, 6) is -2.21. The number of aromatic nitrogens is 1. The number of alkyl halides is 1. The highest BCUT2D eigenvalue weighted by atomic mass is 19.1. The van der Waals surface area contributed by atoms with Crippen LogP contribution in [0.3, 0.4) is 0 Å². The fourth-order valence-corrected chi connectivity index (χ4v) is 5.18. The number of halogens is 2. The maximum Gasteiger partial charge on any atom is 0.341 e. The van der Waals surface area contributed by atoms with Crippen molar-refractivity contribution in [3.63, 3.8) is 0 Å². The van der Waals surface area contributed by atoms with Crippen molar-refractivity contribution in [1.29, 1.82) is 0 Å². The average molecular weight is 450 g/mol. The number of aromatic carboxylic acids is 1. The van der Waals surface area contributed by atoms with E-state index in [4.69, 9.17) is 15.2 Å². The van der Waals surface area contributed by atoms with Crippen LogP contribution in [0.2, 0.25) is 0 Å². The molecule has 2 aliphatic heterocycles. The lowest BCUT2D eigenvalue weighted by Gasteiger charge is -2.29. The lowest BCUT2D eigenvalue weighted by molar-refractivity contribution is 0.0694. The Balaban J connectivity index is 1.83. The Labute approximate surface area is 181 Å². The Morgan fingerprint density at radius 2 is 2.09 bits per heavy atom. The first kappa shape index (κ1) is 21.0. The minimum atomic E-state index is -1.49. The van der Waals surface area contributed by atoms with Crippen molar-refractivity contribution in [1.82, 2.24) is 9.88 Å². The number of hydrogen-bond donors (Lipinski definition) is 3. The number of nitrogens with two attached hydrogens (primary N) is 1. The molecule has 2 aromatic rings. The molecule has 0 radical (unpaired) electrons. The van der Waals surface area contributed by atoms with Gasteiger partial charge in [-0.3, -0.25) is 4.79 Å². The lowest BCUT2D eigenvalue weighted by atomic mass is 10.00. The second kappa shape index (κ2) is 7.31. The van der Waals surface area contributed by atoms with Crippen molar-refractivity contribution in [2.75, 3.05) is 44.5 Å². The topological polar surface area (TPSA) is 119 Å². The Hall–Kier alpha value is -2.92. The van der Waals surface area contributed by atoms with Crippen LogP contribution in [0.4, 0.5) is 20.2 Å². The van der Waals surface area contributed by atoms with Crippen molar-refractivity contribution in [2.24, 2.45) is 5.92 Å². The van der Waals surface area contributed by atoms with E-state index in [0.717, 1.165) is 6.20 Å². The maximum atomic E-state index is 15.8. The van der Waals surface area contributed by atoms with Crippen molar-refractivity contribution in [3.05, 3.63) is 27.8 Å². The van der Waals surface area contributed by atoms with Crippen LogP contribution in [0.25, 0.3) is 10.9 Å². The van der Waals surface area contributed by atoms with Gasteiger partial charge >= 0.3 is 5.97 Å². The summed E-state index contributed by atoms with van der Waals surface area (Å²) in [6.45, 7) is 1.38. The number of pyridine rings is 1. The van der Waals surface area contributed by atoms with Crippen LogP contribution in [-0.2, 0) is 4.74 Å². The van der Waals surface area contributed by atoms with Gasteiger partial charge in [-0.2, -0.15) is 0 Å². The fourth-order valence-electron chi connectivity index (χ4n) is 5.18. The number of methoxy groups -OCH3 is 1. The first-order valence-electron chi connectivity index (χ1n) is 10.4. The quantitative estimate of drug-likeness (QED) is 0.581. The molecule has 5 atom stereocenters. The van der Waals surface area contributed by atoms with Gasteiger partial charge in [0.15, 0.2) is 11.6 Å². The van der Waals surface area contributed by atoms with Crippen LogP contribution in [0.15, 0.2) is 11.0 Å². The van der Waals surface area contributed by atoms with E-state index in [1.807, 2.05) is 11.9 Å². The molecule has 0 bridgehead atoms. The number of carboxylic acids is 1. The zero-order chi connectivity index (χ0) is 22.9. The third-order valence-electron chi connectivity index (χ3n) is 6.91. The van der Waals surface area contributed by atoms with E-state index in [1.54, 1.807) is 0 Å². The van der Waals surface area contributed by atoms with Gasteiger partial charge in [0.2, 0.25) is 5.43 Å². The van der Waals surface area contributed by atoms with Crippen LogP contribution >= 0.6 is 0 Å². The van der Waals surface area contributed by atoms with E-state index >= 15 is 4.39 Å². The summed E-state index contributed by atoms with van der Waals surface area (Å²) in [5, 5.41) is 12.4. The highest BCUT2D eigenvalue weighted by molar-refractivity contribution is 6.03. The number of hydrogen-bond acceptors (Lipinski definition) is 7. The van der Waals surface area contributed by atoms with Gasteiger partial charge in [-0.25, -0.2) is 13.6 Å². The molecule has 172 valence electrons. The van der Waals surface area contributed by atoms with Crippen molar-refractivity contribution in [3.8, 4) is 5.75 Å². The van der Waals surface area contributed by atoms with Crippen LogP contribution in [-0.4, -0.2) is 67.8 Å². The number of carboxylic acid groups (broad SMARTS) is 1. The number of fused-ring (bicyclic) bond motifs is 2.